The van der Waals surface area contributed by atoms with E-state index in [1.807, 2.05) is 0 Å². The molecule has 0 rings (SSSR count). The SMILES string of the molecule is COC(=O)C(F)(F)F.O. The van der Waals surface area contributed by atoms with Crippen LogP contribution in [-0.2, 0) is 9.53 Å². The second kappa shape index (κ2) is 3.29. The minimum absolute atomic E-state index is 0. The molecule has 0 spiro atoms. The molecule has 0 aliphatic heterocycles. The molecule has 9 heavy (non-hydrogen) atoms. The van der Waals surface area contributed by atoms with Crippen molar-refractivity contribution in [3.63, 3.8) is 0 Å². The topological polar surface area (TPSA) is 57.8 Å². The van der Waals surface area contributed by atoms with Crippen molar-refractivity contribution in [1.29, 1.82) is 0 Å². The fraction of sp³-hybridized carbons (Fsp3) is 0.667. The largest absolute Gasteiger partial charge is 0.490 e. The van der Waals surface area contributed by atoms with E-state index < -0.39 is 12.1 Å². The number of halogens is 3. The number of hydrogen-bond donors (Lipinski definition) is 0. The van der Waals surface area contributed by atoms with Crippen molar-refractivity contribution in [1.82, 2.24) is 0 Å². The minimum Gasteiger partial charge on any atom is -0.462 e. The van der Waals surface area contributed by atoms with E-state index in [0.29, 0.717) is 7.11 Å². The predicted octanol–water partition coefficient (Wildman–Crippen LogP) is -0.103. The molecule has 3 nitrogen and oxygen atoms in total. The van der Waals surface area contributed by atoms with Crippen LogP contribution in [-0.4, -0.2) is 24.7 Å². The number of methoxy groups -OCH3 is 1. The molecule has 6 heteroatoms. The maximum absolute atomic E-state index is 11.0. The van der Waals surface area contributed by atoms with Crippen molar-refractivity contribution in [2.75, 3.05) is 7.11 Å². The molecule has 0 aromatic rings. The third-order valence-electron chi connectivity index (χ3n) is 0.417. The van der Waals surface area contributed by atoms with Crippen molar-refractivity contribution < 1.29 is 28.2 Å². The number of carbonyl (C=O) groups excluding carboxylic acids is 1. The highest BCUT2D eigenvalue weighted by molar-refractivity contribution is 5.75. The quantitative estimate of drug-likeness (QED) is 0.448. The molecule has 0 amide bonds. The van der Waals surface area contributed by atoms with E-state index in [4.69, 9.17) is 0 Å². The van der Waals surface area contributed by atoms with Crippen LogP contribution in [0.1, 0.15) is 0 Å². The molecule has 2 N–H and O–H groups in total. The molecule has 0 saturated carbocycles. The summed E-state index contributed by atoms with van der Waals surface area (Å²) in [6.45, 7) is 0. The molecule has 0 aliphatic carbocycles. The molecule has 56 valence electrons. The van der Waals surface area contributed by atoms with Gasteiger partial charge in [0, 0.05) is 0 Å². The summed E-state index contributed by atoms with van der Waals surface area (Å²) in [6, 6.07) is 0. The number of hydrogen-bond acceptors (Lipinski definition) is 2. The Morgan fingerprint density at radius 1 is 1.44 bits per heavy atom. The van der Waals surface area contributed by atoms with Gasteiger partial charge in [0.25, 0.3) is 0 Å². The molecule has 0 aromatic carbocycles. The van der Waals surface area contributed by atoms with Crippen LogP contribution >= 0.6 is 0 Å². The van der Waals surface area contributed by atoms with E-state index in [2.05, 4.69) is 4.74 Å². The van der Waals surface area contributed by atoms with Crippen LogP contribution in [0.3, 0.4) is 0 Å². The van der Waals surface area contributed by atoms with Crippen LogP contribution in [0, 0.1) is 0 Å². The molecule has 0 aliphatic rings. The lowest BCUT2D eigenvalue weighted by Crippen LogP contribution is -2.23. The summed E-state index contributed by atoms with van der Waals surface area (Å²) < 4.78 is 36.3. The molecule has 0 saturated heterocycles. The normalized spacial score (nSPS) is 9.78. The summed E-state index contributed by atoms with van der Waals surface area (Å²) in [5, 5.41) is 0. The van der Waals surface area contributed by atoms with Gasteiger partial charge in [-0.05, 0) is 0 Å². The average molecular weight is 146 g/mol. The smallest absolute Gasteiger partial charge is 0.462 e. The van der Waals surface area contributed by atoms with E-state index in [1.54, 1.807) is 0 Å². The highest BCUT2D eigenvalue weighted by Gasteiger charge is 2.39. The summed E-state index contributed by atoms with van der Waals surface area (Å²) in [7, 11) is 0.676. The fourth-order valence-electron chi connectivity index (χ4n) is 0.116. The Morgan fingerprint density at radius 2 is 1.78 bits per heavy atom. The zero-order chi connectivity index (χ0) is 6.78. The van der Waals surface area contributed by atoms with E-state index in [9.17, 15) is 18.0 Å². The first-order valence-electron chi connectivity index (χ1n) is 1.63. The van der Waals surface area contributed by atoms with Crippen molar-refractivity contribution in [2.24, 2.45) is 0 Å². The second-order valence-electron chi connectivity index (χ2n) is 0.989. The van der Waals surface area contributed by atoms with Crippen LogP contribution in [0.15, 0.2) is 0 Å². The van der Waals surface area contributed by atoms with Crippen molar-refractivity contribution in [3.8, 4) is 0 Å². The van der Waals surface area contributed by atoms with Crippen LogP contribution in [0.2, 0.25) is 0 Å². The van der Waals surface area contributed by atoms with Gasteiger partial charge in [0.2, 0.25) is 0 Å². The van der Waals surface area contributed by atoms with Crippen LogP contribution in [0.5, 0.6) is 0 Å². The molecule has 0 heterocycles. The standard InChI is InChI=1S/C3H3F3O2.H2O/c1-8-2(7)3(4,5)6;/h1H3;1H2. The summed E-state index contributed by atoms with van der Waals surface area (Å²) >= 11 is 0. The third kappa shape index (κ3) is 3.77. The highest BCUT2D eigenvalue weighted by Crippen LogP contribution is 2.15. The monoisotopic (exact) mass is 146 g/mol. The number of esters is 1. The molecule has 0 atom stereocenters. The van der Waals surface area contributed by atoms with E-state index in [0.717, 1.165) is 0 Å². The zero-order valence-corrected chi connectivity index (χ0v) is 4.45. The zero-order valence-electron chi connectivity index (χ0n) is 4.45. The van der Waals surface area contributed by atoms with Gasteiger partial charge in [-0.15, -0.1) is 0 Å². The van der Waals surface area contributed by atoms with Crippen LogP contribution in [0.25, 0.3) is 0 Å². The maximum Gasteiger partial charge on any atom is 0.490 e. The van der Waals surface area contributed by atoms with Gasteiger partial charge in [-0.1, -0.05) is 0 Å². The Labute approximate surface area is 48.7 Å². The molecular formula is C3H5F3O3. The Kier molecular flexibility index (Phi) is 4.04. The van der Waals surface area contributed by atoms with Gasteiger partial charge in [-0.25, -0.2) is 4.79 Å². The third-order valence-corrected chi connectivity index (χ3v) is 0.417. The van der Waals surface area contributed by atoms with Crippen molar-refractivity contribution in [2.45, 2.75) is 6.18 Å². The highest BCUT2D eigenvalue weighted by atomic mass is 19.4. The average Bonchev–Trinajstić information content (AvgIpc) is 1.62. The van der Waals surface area contributed by atoms with Gasteiger partial charge in [-0.2, -0.15) is 13.2 Å². The van der Waals surface area contributed by atoms with E-state index >= 15 is 0 Å². The number of rotatable bonds is 0. The first-order valence-corrected chi connectivity index (χ1v) is 1.63. The summed E-state index contributed by atoms with van der Waals surface area (Å²) in [5.41, 5.74) is 0. The van der Waals surface area contributed by atoms with Crippen LogP contribution < -0.4 is 0 Å². The fourth-order valence-corrected chi connectivity index (χ4v) is 0.116. The van der Waals surface area contributed by atoms with Crippen molar-refractivity contribution >= 4 is 5.97 Å². The Hall–Kier alpha value is -0.780. The second-order valence-corrected chi connectivity index (χ2v) is 0.989. The van der Waals surface area contributed by atoms with E-state index in [-0.39, 0.29) is 5.48 Å². The Balaban J connectivity index is 0. The molecular weight excluding hydrogens is 141 g/mol. The van der Waals surface area contributed by atoms with Crippen LogP contribution in [0.4, 0.5) is 13.2 Å². The van der Waals surface area contributed by atoms with Gasteiger partial charge in [0.1, 0.15) is 0 Å². The lowest BCUT2D eigenvalue weighted by Gasteiger charge is -1.99. The summed E-state index contributed by atoms with van der Waals surface area (Å²) in [4.78, 5) is 9.49. The number of alkyl halides is 3. The molecule has 0 radical (unpaired) electrons. The molecule has 0 aromatic heterocycles. The maximum atomic E-state index is 11.0. The van der Waals surface area contributed by atoms with Crippen molar-refractivity contribution in [3.05, 3.63) is 0 Å². The first kappa shape index (κ1) is 11.1. The summed E-state index contributed by atoms with van der Waals surface area (Å²) in [5.74, 6) is -2.17. The van der Waals surface area contributed by atoms with Gasteiger partial charge in [0.05, 0.1) is 7.11 Å². The predicted molar refractivity (Wildman–Crippen MR) is 21.7 cm³/mol. The molecule has 0 unspecified atom stereocenters. The minimum atomic E-state index is -4.85. The van der Waals surface area contributed by atoms with Gasteiger partial charge < -0.3 is 10.2 Å². The van der Waals surface area contributed by atoms with Gasteiger partial charge in [-0.3, -0.25) is 0 Å². The number of ether oxygens (including phenoxy) is 1. The Morgan fingerprint density at radius 3 is 1.78 bits per heavy atom. The molecule has 0 bridgehead atoms. The molecule has 0 fully saturated rings. The van der Waals surface area contributed by atoms with Gasteiger partial charge >= 0.3 is 12.1 Å². The first-order chi connectivity index (χ1) is 3.48. The van der Waals surface area contributed by atoms with Gasteiger partial charge in [0.15, 0.2) is 0 Å². The summed E-state index contributed by atoms with van der Waals surface area (Å²) in [6.07, 6.45) is -4.85. The lowest BCUT2D eigenvalue weighted by atomic mass is 10.7. The number of carbonyl (C=O) groups is 1. The van der Waals surface area contributed by atoms with E-state index in [1.165, 1.54) is 0 Å². The Bertz CT molecular complexity index is 97.0. The lowest BCUT2D eigenvalue weighted by molar-refractivity contribution is -0.196.